The monoisotopic (exact) mass is 343 g/mol. The molecule has 0 aliphatic heterocycles. The molecule has 1 N–H and O–H groups in total. The highest BCUT2D eigenvalue weighted by Gasteiger charge is 2.06. The van der Waals surface area contributed by atoms with E-state index in [0.717, 1.165) is 4.90 Å². The van der Waals surface area contributed by atoms with Crippen LogP contribution in [0.15, 0.2) is 58.5 Å². The van der Waals surface area contributed by atoms with Gasteiger partial charge < -0.3 is 0 Å². The van der Waals surface area contributed by atoms with Crippen molar-refractivity contribution in [1.29, 1.82) is 0 Å². The Morgan fingerprint density at radius 2 is 1.79 bits per heavy atom. The summed E-state index contributed by atoms with van der Waals surface area (Å²) < 4.78 is 0. The number of hydrogen-bond donors (Lipinski definition) is 1. The lowest BCUT2D eigenvalue weighted by atomic mass is 10.1. The molecule has 0 bridgehead atoms. The van der Waals surface area contributed by atoms with Gasteiger partial charge in [0.1, 0.15) is 0 Å². The summed E-state index contributed by atoms with van der Waals surface area (Å²) in [5, 5.41) is 14.6. The van der Waals surface area contributed by atoms with Gasteiger partial charge in [-0.1, -0.05) is 17.7 Å². The van der Waals surface area contributed by atoms with Crippen molar-refractivity contribution in [2.75, 3.05) is 5.75 Å². The Morgan fingerprint density at radius 1 is 1.17 bits per heavy atom. The fraction of sp³-hybridized carbons (Fsp3) is 0.176. The maximum absolute atomic E-state index is 11.8. The third-order valence-corrected chi connectivity index (χ3v) is 4.25. The summed E-state index contributed by atoms with van der Waals surface area (Å²) in [6.07, 6.45) is 0. The van der Waals surface area contributed by atoms with Crippen LogP contribution in [0.1, 0.15) is 18.1 Å². The van der Waals surface area contributed by atoms with Gasteiger partial charge in [0.15, 0.2) is 0 Å². The summed E-state index contributed by atoms with van der Waals surface area (Å²) in [7, 11) is 0. The predicted molar refractivity (Wildman–Crippen MR) is 95.4 cm³/mol. The Kier molecular flexibility index (Phi) is 6.08. The minimum Gasteiger partial charge on any atom is -0.272 e. The van der Waals surface area contributed by atoms with E-state index in [4.69, 9.17) is 0 Å². The maximum Gasteiger partial charge on any atom is 0.269 e. The molecule has 0 atom stereocenters. The summed E-state index contributed by atoms with van der Waals surface area (Å²) in [6.45, 7) is 3.74. The molecule has 0 aliphatic rings. The highest BCUT2D eigenvalue weighted by Crippen LogP contribution is 2.17. The van der Waals surface area contributed by atoms with Crippen molar-refractivity contribution in [2.24, 2.45) is 5.10 Å². The summed E-state index contributed by atoms with van der Waals surface area (Å²) in [4.78, 5) is 23.0. The SMILES string of the molecule is C/C(=N/NC(=O)CSc1ccc(C)cc1)c1ccc([N+](=O)[O-])cc1. The molecule has 124 valence electrons. The van der Waals surface area contributed by atoms with Crippen molar-refractivity contribution in [3.05, 3.63) is 69.8 Å². The van der Waals surface area contributed by atoms with Gasteiger partial charge in [0, 0.05) is 17.0 Å². The third kappa shape index (κ3) is 5.20. The first-order valence-electron chi connectivity index (χ1n) is 7.23. The highest BCUT2D eigenvalue weighted by molar-refractivity contribution is 8.00. The molecule has 0 radical (unpaired) electrons. The number of nitrogens with one attached hydrogen (secondary N) is 1. The van der Waals surface area contributed by atoms with Gasteiger partial charge >= 0.3 is 0 Å². The number of thioether (sulfide) groups is 1. The van der Waals surface area contributed by atoms with Crippen LogP contribution in [0.3, 0.4) is 0 Å². The van der Waals surface area contributed by atoms with Crippen LogP contribution in [0, 0.1) is 17.0 Å². The topological polar surface area (TPSA) is 84.6 Å². The normalized spacial score (nSPS) is 11.2. The van der Waals surface area contributed by atoms with Crippen LogP contribution >= 0.6 is 11.8 Å². The van der Waals surface area contributed by atoms with E-state index < -0.39 is 4.92 Å². The van der Waals surface area contributed by atoms with Gasteiger partial charge in [0.05, 0.1) is 16.4 Å². The van der Waals surface area contributed by atoms with Gasteiger partial charge in [-0.05, 0) is 43.7 Å². The third-order valence-electron chi connectivity index (χ3n) is 3.24. The molecule has 0 saturated carbocycles. The number of hydrazone groups is 1. The van der Waals surface area contributed by atoms with Gasteiger partial charge in [0.25, 0.3) is 5.69 Å². The van der Waals surface area contributed by atoms with Crippen molar-refractivity contribution in [3.63, 3.8) is 0 Å². The van der Waals surface area contributed by atoms with E-state index in [1.54, 1.807) is 19.1 Å². The number of carbonyl (C=O) groups excluding carboxylic acids is 1. The van der Waals surface area contributed by atoms with E-state index in [-0.39, 0.29) is 17.3 Å². The number of carbonyl (C=O) groups is 1. The number of benzene rings is 2. The molecular weight excluding hydrogens is 326 g/mol. The smallest absolute Gasteiger partial charge is 0.269 e. The molecule has 0 spiro atoms. The molecule has 24 heavy (non-hydrogen) atoms. The average molecular weight is 343 g/mol. The Morgan fingerprint density at radius 3 is 2.38 bits per heavy atom. The lowest BCUT2D eigenvalue weighted by molar-refractivity contribution is -0.384. The molecule has 7 heteroatoms. The van der Waals surface area contributed by atoms with Crippen LogP contribution in [-0.2, 0) is 4.79 Å². The molecule has 6 nitrogen and oxygen atoms in total. The Labute approximate surface area is 144 Å². The largest absolute Gasteiger partial charge is 0.272 e. The van der Waals surface area contributed by atoms with Gasteiger partial charge in [0.2, 0.25) is 5.91 Å². The predicted octanol–water partition coefficient (Wildman–Crippen LogP) is 3.54. The van der Waals surface area contributed by atoms with Gasteiger partial charge in [-0.3, -0.25) is 14.9 Å². The van der Waals surface area contributed by atoms with Crippen LogP contribution in [0.5, 0.6) is 0 Å². The van der Waals surface area contributed by atoms with E-state index in [2.05, 4.69) is 10.5 Å². The molecule has 0 unspecified atom stereocenters. The zero-order chi connectivity index (χ0) is 17.5. The highest BCUT2D eigenvalue weighted by atomic mass is 32.2. The number of rotatable bonds is 6. The Hall–Kier alpha value is -2.67. The number of aryl methyl sites for hydroxylation is 1. The molecular formula is C17H17N3O3S. The molecule has 2 aromatic rings. The number of nitrogens with zero attached hydrogens (tertiary/aromatic N) is 2. The number of nitro groups is 1. The second kappa shape index (κ2) is 8.26. The van der Waals surface area contributed by atoms with E-state index in [1.807, 2.05) is 31.2 Å². The average Bonchev–Trinajstić information content (AvgIpc) is 2.59. The van der Waals surface area contributed by atoms with Crippen molar-refractivity contribution in [1.82, 2.24) is 5.43 Å². The zero-order valence-electron chi connectivity index (χ0n) is 13.4. The fourth-order valence-electron chi connectivity index (χ4n) is 1.85. The van der Waals surface area contributed by atoms with Crippen molar-refractivity contribution in [2.45, 2.75) is 18.7 Å². The molecule has 0 saturated heterocycles. The minimum absolute atomic E-state index is 0.0186. The molecule has 2 aromatic carbocycles. The summed E-state index contributed by atoms with van der Waals surface area (Å²) in [5.74, 6) is 0.0574. The summed E-state index contributed by atoms with van der Waals surface area (Å²) in [6, 6.07) is 14.0. The van der Waals surface area contributed by atoms with Crippen LogP contribution in [-0.4, -0.2) is 22.3 Å². The standard InChI is InChI=1S/C17H17N3O3S/c1-12-3-9-16(10-4-12)24-11-17(21)19-18-13(2)14-5-7-15(8-6-14)20(22)23/h3-10H,11H2,1-2H3,(H,19,21)/b18-13-. The second-order valence-electron chi connectivity index (χ2n) is 5.14. The maximum atomic E-state index is 11.8. The van der Waals surface area contributed by atoms with Crippen LogP contribution in [0.25, 0.3) is 0 Å². The van der Waals surface area contributed by atoms with Crippen molar-refractivity contribution >= 4 is 29.1 Å². The van der Waals surface area contributed by atoms with Gasteiger partial charge in [-0.15, -0.1) is 11.8 Å². The van der Waals surface area contributed by atoms with E-state index >= 15 is 0 Å². The van der Waals surface area contributed by atoms with E-state index in [1.165, 1.54) is 29.5 Å². The van der Waals surface area contributed by atoms with Crippen molar-refractivity contribution < 1.29 is 9.72 Å². The molecule has 1 amide bonds. The molecule has 0 aliphatic carbocycles. The van der Waals surface area contributed by atoms with Crippen LogP contribution in [0.4, 0.5) is 5.69 Å². The first-order valence-corrected chi connectivity index (χ1v) is 8.21. The molecule has 0 fully saturated rings. The number of hydrogen-bond acceptors (Lipinski definition) is 5. The van der Waals surface area contributed by atoms with Crippen molar-refractivity contribution in [3.8, 4) is 0 Å². The lowest BCUT2D eigenvalue weighted by Crippen LogP contribution is -2.21. The molecule has 0 heterocycles. The summed E-state index contributed by atoms with van der Waals surface area (Å²) >= 11 is 1.43. The second-order valence-corrected chi connectivity index (χ2v) is 6.19. The fourth-order valence-corrected chi connectivity index (χ4v) is 2.54. The number of amides is 1. The zero-order valence-corrected chi connectivity index (χ0v) is 14.2. The van der Waals surface area contributed by atoms with Crippen LogP contribution in [0.2, 0.25) is 0 Å². The van der Waals surface area contributed by atoms with Crippen LogP contribution < -0.4 is 5.43 Å². The van der Waals surface area contributed by atoms with E-state index in [9.17, 15) is 14.9 Å². The molecule has 2 rings (SSSR count). The Balaban J connectivity index is 1.87. The van der Waals surface area contributed by atoms with E-state index in [0.29, 0.717) is 11.3 Å². The lowest BCUT2D eigenvalue weighted by Gasteiger charge is -2.04. The first-order chi connectivity index (χ1) is 11.5. The number of nitro benzene ring substituents is 1. The van der Waals surface area contributed by atoms with Gasteiger partial charge in [-0.25, -0.2) is 5.43 Å². The minimum atomic E-state index is -0.458. The quantitative estimate of drug-likeness (QED) is 0.376. The summed E-state index contributed by atoms with van der Waals surface area (Å²) in [5.41, 5.74) is 4.98. The number of non-ortho nitro benzene ring substituents is 1. The van der Waals surface area contributed by atoms with Gasteiger partial charge in [-0.2, -0.15) is 5.10 Å². The molecule has 0 aromatic heterocycles. The Bertz CT molecular complexity index is 756. The first kappa shape index (κ1) is 17.7.